The molecular formula is C32H46Cl2N4O6. The molecule has 44 heavy (non-hydrogen) atoms. The summed E-state index contributed by atoms with van der Waals surface area (Å²) in [6.45, 7) is 12.1. The van der Waals surface area contributed by atoms with Gasteiger partial charge in [0, 0.05) is 47.1 Å². The summed E-state index contributed by atoms with van der Waals surface area (Å²) in [6.07, 6.45) is 0.105. The third-order valence-electron chi connectivity index (χ3n) is 7.19. The van der Waals surface area contributed by atoms with Crippen LogP contribution < -0.4 is 21.8 Å². The number of nitrogens with one attached hydrogen (secondary N) is 4. The van der Waals surface area contributed by atoms with Gasteiger partial charge in [-0.1, -0.05) is 53.7 Å². The maximum Gasteiger partial charge on any atom is 0.248 e. The third kappa shape index (κ3) is 9.44. The fraction of sp³-hybridized carbons (Fsp3) is 0.438. The summed E-state index contributed by atoms with van der Waals surface area (Å²) in [5.74, 6) is 0.00651. The molecule has 0 aliphatic rings. The molecule has 8 N–H and O–H groups in total. The first kappa shape index (κ1) is 38.9. The second kappa shape index (κ2) is 17.4. The Morgan fingerprint density at radius 3 is 1.25 bits per heavy atom. The molecule has 0 amide bonds. The Bertz CT molecular complexity index is 1490. The van der Waals surface area contributed by atoms with Crippen molar-refractivity contribution in [2.75, 3.05) is 0 Å². The molecular weight excluding hydrogens is 607 g/mol. The maximum atomic E-state index is 11.4. The molecule has 4 aromatic rings. The van der Waals surface area contributed by atoms with Gasteiger partial charge in [0.2, 0.25) is 11.1 Å². The van der Waals surface area contributed by atoms with Gasteiger partial charge in [0.25, 0.3) is 0 Å². The Kier molecular flexibility index (Phi) is 15.4. The number of phenols is 2. The van der Waals surface area contributed by atoms with Crippen molar-refractivity contribution in [2.24, 2.45) is 0 Å². The van der Waals surface area contributed by atoms with Gasteiger partial charge in [-0.05, 0) is 48.2 Å². The van der Waals surface area contributed by atoms with Crippen LogP contribution in [0.4, 0.5) is 0 Å². The van der Waals surface area contributed by atoms with Crippen molar-refractivity contribution in [3.63, 3.8) is 0 Å². The molecule has 4 rings (SSSR count). The average molecular weight is 654 g/mol. The topological polar surface area (TPSA) is 171 Å². The molecule has 12 heteroatoms. The van der Waals surface area contributed by atoms with Crippen molar-refractivity contribution in [3.8, 4) is 11.5 Å². The zero-order valence-electron chi connectivity index (χ0n) is 25.9. The Labute approximate surface area is 269 Å². The van der Waals surface area contributed by atoms with Crippen LogP contribution in [-0.2, 0) is 0 Å². The number of phenolic OH excluding ortho intramolecular Hbond substituents is 2. The highest BCUT2D eigenvalue weighted by atomic mass is 35.5. The number of aromatic nitrogens is 2. The lowest BCUT2D eigenvalue weighted by Crippen LogP contribution is -2.39. The number of benzene rings is 2. The minimum absolute atomic E-state index is 0. The number of hydrogen-bond acceptors (Lipinski definition) is 8. The second-order valence-corrected chi connectivity index (χ2v) is 11.1. The highest BCUT2D eigenvalue weighted by Crippen LogP contribution is 2.32. The lowest BCUT2D eigenvalue weighted by Gasteiger charge is -2.26. The first-order valence-electron chi connectivity index (χ1n) is 14.5. The first-order chi connectivity index (χ1) is 19.9. The monoisotopic (exact) mass is 652 g/mol. The summed E-state index contributed by atoms with van der Waals surface area (Å²) in [7, 11) is 0. The molecule has 0 radical (unpaired) electrons. The standard InChI is InChI=1S/2C16H22N2O3.2ClH/c2*1-4-12(17-9(2)3)16(21)11-5-7-13(19)15-10(11)6-8-14(20)18-15;;/h2*5-9,12,16-17,19,21H,4H2,1-3H3,(H,18,20);2*1H/t2*12-,16-;;/m10../s1. The van der Waals surface area contributed by atoms with Crippen molar-refractivity contribution >= 4 is 46.6 Å². The molecule has 0 aliphatic carbocycles. The summed E-state index contributed by atoms with van der Waals surface area (Å²) in [4.78, 5) is 28.0. The van der Waals surface area contributed by atoms with Crippen LogP contribution in [0.3, 0.4) is 0 Å². The fourth-order valence-corrected chi connectivity index (χ4v) is 5.19. The van der Waals surface area contributed by atoms with E-state index in [0.717, 1.165) is 12.8 Å². The molecule has 0 saturated carbocycles. The fourth-order valence-electron chi connectivity index (χ4n) is 5.19. The van der Waals surface area contributed by atoms with Gasteiger partial charge in [0.15, 0.2) is 0 Å². The van der Waals surface area contributed by atoms with E-state index < -0.39 is 12.2 Å². The van der Waals surface area contributed by atoms with E-state index in [2.05, 4.69) is 20.6 Å². The van der Waals surface area contributed by atoms with Crippen LogP contribution in [0.5, 0.6) is 11.5 Å². The summed E-state index contributed by atoms with van der Waals surface area (Å²) in [6, 6.07) is 12.8. The summed E-state index contributed by atoms with van der Waals surface area (Å²) < 4.78 is 0. The quantitative estimate of drug-likeness (QED) is 0.119. The average Bonchev–Trinajstić information content (AvgIpc) is 2.95. The van der Waals surface area contributed by atoms with Crippen LogP contribution in [0.15, 0.2) is 58.1 Å². The van der Waals surface area contributed by atoms with Gasteiger partial charge in [-0.25, -0.2) is 0 Å². The molecule has 4 atom stereocenters. The summed E-state index contributed by atoms with van der Waals surface area (Å²) in [5, 5.41) is 49.0. The smallest absolute Gasteiger partial charge is 0.248 e. The number of halogens is 2. The molecule has 2 aromatic carbocycles. The highest BCUT2D eigenvalue weighted by Gasteiger charge is 2.23. The third-order valence-corrected chi connectivity index (χ3v) is 7.19. The van der Waals surface area contributed by atoms with E-state index in [1.807, 2.05) is 41.5 Å². The zero-order valence-corrected chi connectivity index (χ0v) is 27.6. The number of rotatable bonds is 10. The van der Waals surface area contributed by atoms with Crippen LogP contribution in [0.1, 0.15) is 77.7 Å². The van der Waals surface area contributed by atoms with E-state index in [4.69, 9.17) is 0 Å². The number of aliphatic hydroxyl groups is 2. The number of H-pyrrole nitrogens is 2. The minimum Gasteiger partial charge on any atom is -0.506 e. The lowest BCUT2D eigenvalue weighted by molar-refractivity contribution is 0.122. The van der Waals surface area contributed by atoms with Gasteiger partial charge in [-0.3, -0.25) is 9.59 Å². The van der Waals surface area contributed by atoms with Crippen LogP contribution in [0.2, 0.25) is 0 Å². The molecule has 0 unspecified atom stereocenters. The van der Waals surface area contributed by atoms with Gasteiger partial charge in [0.05, 0.1) is 23.2 Å². The maximum absolute atomic E-state index is 11.4. The number of pyridine rings is 2. The second-order valence-electron chi connectivity index (χ2n) is 11.1. The molecule has 2 aromatic heterocycles. The lowest BCUT2D eigenvalue weighted by atomic mass is 9.95. The van der Waals surface area contributed by atoms with Crippen LogP contribution in [0, 0.1) is 0 Å². The number of aromatic amines is 2. The molecule has 2 heterocycles. The summed E-state index contributed by atoms with van der Waals surface area (Å²) in [5.41, 5.74) is 1.54. The molecule has 0 spiro atoms. The Morgan fingerprint density at radius 1 is 0.614 bits per heavy atom. The normalized spacial score (nSPS) is 13.9. The van der Waals surface area contributed by atoms with Gasteiger partial charge < -0.3 is 41.0 Å². The summed E-state index contributed by atoms with van der Waals surface area (Å²) >= 11 is 0. The zero-order chi connectivity index (χ0) is 31.1. The Hall–Kier alpha value is -3.12. The minimum atomic E-state index is -0.716. The number of hydrogen-bond donors (Lipinski definition) is 8. The van der Waals surface area contributed by atoms with Crippen LogP contribution in [-0.4, -0.2) is 54.6 Å². The largest absolute Gasteiger partial charge is 0.506 e. The predicted molar refractivity (Wildman–Crippen MR) is 182 cm³/mol. The SMILES string of the molecule is CC[C@@H](NC(C)C)[C@H](O)c1ccc(O)c2[nH]c(=O)ccc12.CC[C@H](NC(C)C)[C@@H](O)c1ccc(O)c2[nH]c(=O)ccc12.Cl.Cl. The molecule has 244 valence electrons. The van der Waals surface area contributed by atoms with Gasteiger partial charge >= 0.3 is 0 Å². The molecule has 0 fully saturated rings. The van der Waals surface area contributed by atoms with Crippen molar-refractivity contribution in [1.29, 1.82) is 0 Å². The van der Waals surface area contributed by atoms with Crippen molar-refractivity contribution < 1.29 is 20.4 Å². The number of aliphatic hydroxyl groups excluding tert-OH is 2. The van der Waals surface area contributed by atoms with E-state index in [1.165, 1.54) is 24.3 Å². The molecule has 10 nitrogen and oxygen atoms in total. The van der Waals surface area contributed by atoms with Crippen molar-refractivity contribution in [1.82, 2.24) is 20.6 Å². The first-order valence-corrected chi connectivity index (χ1v) is 14.5. The van der Waals surface area contributed by atoms with E-state index >= 15 is 0 Å². The Morgan fingerprint density at radius 2 is 0.955 bits per heavy atom. The van der Waals surface area contributed by atoms with E-state index in [1.54, 1.807) is 24.3 Å². The number of aromatic hydroxyl groups is 2. The van der Waals surface area contributed by atoms with Crippen LogP contribution in [0.25, 0.3) is 21.8 Å². The molecule has 0 saturated heterocycles. The highest BCUT2D eigenvalue weighted by molar-refractivity contribution is 5.88. The van der Waals surface area contributed by atoms with E-state index in [0.29, 0.717) is 32.9 Å². The molecule has 0 bridgehead atoms. The van der Waals surface area contributed by atoms with E-state index in [-0.39, 0.29) is 71.6 Å². The van der Waals surface area contributed by atoms with Gasteiger partial charge in [0.1, 0.15) is 11.5 Å². The number of fused-ring (bicyclic) bond motifs is 2. The predicted octanol–water partition coefficient (Wildman–Crippen LogP) is 4.93. The Balaban J connectivity index is 0.000000421. The van der Waals surface area contributed by atoms with Crippen molar-refractivity contribution in [2.45, 2.75) is 90.8 Å². The molecule has 0 aliphatic heterocycles. The van der Waals surface area contributed by atoms with Crippen LogP contribution >= 0.6 is 24.8 Å². The van der Waals surface area contributed by atoms with Crippen molar-refractivity contribution in [3.05, 3.63) is 80.4 Å². The van der Waals surface area contributed by atoms with E-state index in [9.17, 15) is 30.0 Å². The van der Waals surface area contributed by atoms with Gasteiger partial charge in [-0.15, -0.1) is 24.8 Å². The van der Waals surface area contributed by atoms with Gasteiger partial charge in [-0.2, -0.15) is 0 Å².